The highest BCUT2D eigenvalue weighted by Gasteiger charge is 2.38. The van der Waals surface area contributed by atoms with E-state index in [2.05, 4.69) is 0 Å². The van der Waals surface area contributed by atoms with E-state index in [-0.39, 0.29) is 18.4 Å². The zero-order valence-electron chi connectivity index (χ0n) is 6.07. The number of hydrogen-bond acceptors (Lipinski definition) is 3. The van der Waals surface area contributed by atoms with E-state index < -0.39 is 12.2 Å². The summed E-state index contributed by atoms with van der Waals surface area (Å²) in [6.07, 6.45) is -0.643. The molecule has 1 saturated carbocycles. The first-order chi connectivity index (χ1) is 4.66. The summed E-state index contributed by atoms with van der Waals surface area (Å²) >= 11 is 0. The minimum atomic E-state index is -0.722. The Hall–Kier alpha value is -0.120. The van der Waals surface area contributed by atoms with Crippen LogP contribution < -0.4 is 0 Å². The quantitative estimate of drug-likeness (QED) is 0.461. The molecule has 0 aromatic carbocycles. The second-order valence-electron chi connectivity index (χ2n) is 3.14. The summed E-state index contributed by atoms with van der Waals surface area (Å²) in [4.78, 5) is 0. The molecule has 0 saturated heterocycles. The molecule has 10 heavy (non-hydrogen) atoms. The van der Waals surface area contributed by atoms with Crippen molar-refractivity contribution in [3.8, 4) is 0 Å². The van der Waals surface area contributed by atoms with Crippen LogP contribution in [0.1, 0.15) is 13.3 Å². The molecule has 4 atom stereocenters. The van der Waals surface area contributed by atoms with Crippen molar-refractivity contribution in [1.29, 1.82) is 0 Å². The van der Waals surface area contributed by atoms with Crippen molar-refractivity contribution in [2.45, 2.75) is 25.6 Å². The summed E-state index contributed by atoms with van der Waals surface area (Å²) in [6, 6.07) is 0. The van der Waals surface area contributed by atoms with Crippen molar-refractivity contribution < 1.29 is 15.3 Å². The van der Waals surface area contributed by atoms with E-state index in [4.69, 9.17) is 5.11 Å². The Morgan fingerprint density at radius 1 is 1.30 bits per heavy atom. The van der Waals surface area contributed by atoms with E-state index >= 15 is 0 Å². The van der Waals surface area contributed by atoms with Gasteiger partial charge in [0.1, 0.15) is 0 Å². The Kier molecular flexibility index (Phi) is 2.28. The lowest BCUT2D eigenvalue weighted by Gasteiger charge is -2.13. The third kappa shape index (κ3) is 1.17. The third-order valence-electron chi connectivity index (χ3n) is 2.32. The Morgan fingerprint density at radius 2 is 1.90 bits per heavy atom. The summed E-state index contributed by atoms with van der Waals surface area (Å²) < 4.78 is 0. The molecule has 1 aliphatic carbocycles. The van der Waals surface area contributed by atoms with Crippen molar-refractivity contribution in [2.24, 2.45) is 11.8 Å². The van der Waals surface area contributed by atoms with Crippen LogP contribution in [-0.4, -0.2) is 34.1 Å². The molecule has 0 aliphatic heterocycles. The molecule has 3 N–H and O–H groups in total. The first kappa shape index (κ1) is 7.98. The molecule has 3 nitrogen and oxygen atoms in total. The molecule has 60 valence electrons. The number of rotatable bonds is 1. The van der Waals surface area contributed by atoms with Gasteiger partial charge in [0.05, 0.1) is 12.2 Å². The molecule has 0 bridgehead atoms. The normalized spacial score (nSPS) is 48.0. The molecule has 0 aromatic heterocycles. The molecule has 0 aromatic rings. The smallest absolute Gasteiger partial charge is 0.0851 e. The monoisotopic (exact) mass is 146 g/mol. The van der Waals surface area contributed by atoms with Crippen LogP contribution in [-0.2, 0) is 0 Å². The molecule has 0 amide bonds. The molecule has 0 spiro atoms. The van der Waals surface area contributed by atoms with Gasteiger partial charge in [0.25, 0.3) is 0 Å². The molecular weight excluding hydrogens is 132 g/mol. The Labute approximate surface area is 60.3 Å². The van der Waals surface area contributed by atoms with Crippen LogP contribution in [0.15, 0.2) is 0 Å². The van der Waals surface area contributed by atoms with Crippen molar-refractivity contribution in [1.82, 2.24) is 0 Å². The van der Waals surface area contributed by atoms with Gasteiger partial charge in [0.2, 0.25) is 0 Å². The van der Waals surface area contributed by atoms with E-state index in [1.807, 2.05) is 6.92 Å². The summed E-state index contributed by atoms with van der Waals surface area (Å²) in [5.41, 5.74) is 0. The fraction of sp³-hybridized carbons (Fsp3) is 1.00. The Bertz CT molecular complexity index is 115. The molecular formula is C7H14O3. The fourth-order valence-corrected chi connectivity index (χ4v) is 1.55. The SMILES string of the molecule is C[C@H]1C[C@H](CO)[C@@H](O)[C@H]1O. The van der Waals surface area contributed by atoms with Crippen molar-refractivity contribution >= 4 is 0 Å². The van der Waals surface area contributed by atoms with Crippen molar-refractivity contribution in [2.75, 3.05) is 6.61 Å². The summed E-state index contributed by atoms with van der Waals surface area (Å²) in [5.74, 6) is -0.00264. The van der Waals surface area contributed by atoms with Crippen LogP contribution >= 0.6 is 0 Å². The van der Waals surface area contributed by atoms with Gasteiger partial charge in [-0.3, -0.25) is 0 Å². The van der Waals surface area contributed by atoms with E-state index in [0.717, 1.165) is 6.42 Å². The molecule has 1 aliphatic rings. The number of aliphatic hydroxyl groups is 3. The van der Waals surface area contributed by atoms with Crippen molar-refractivity contribution in [3.63, 3.8) is 0 Å². The number of hydrogen-bond donors (Lipinski definition) is 3. The van der Waals surface area contributed by atoms with Crippen LogP contribution in [0.2, 0.25) is 0 Å². The maximum absolute atomic E-state index is 9.22. The zero-order valence-corrected chi connectivity index (χ0v) is 6.07. The zero-order chi connectivity index (χ0) is 7.72. The second kappa shape index (κ2) is 2.86. The fourth-order valence-electron chi connectivity index (χ4n) is 1.55. The topological polar surface area (TPSA) is 60.7 Å². The van der Waals surface area contributed by atoms with Gasteiger partial charge in [0.15, 0.2) is 0 Å². The van der Waals surface area contributed by atoms with E-state index in [9.17, 15) is 10.2 Å². The minimum absolute atomic E-state index is 0.0252. The van der Waals surface area contributed by atoms with Gasteiger partial charge in [-0.25, -0.2) is 0 Å². The van der Waals surface area contributed by atoms with Gasteiger partial charge in [-0.2, -0.15) is 0 Å². The van der Waals surface area contributed by atoms with Crippen LogP contribution in [0.25, 0.3) is 0 Å². The van der Waals surface area contributed by atoms with Crippen LogP contribution in [0.5, 0.6) is 0 Å². The predicted molar refractivity (Wildman–Crippen MR) is 36.4 cm³/mol. The Balaban J connectivity index is 2.53. The van der Waals surface area contributed by atoms with Gasteiger partial charge in [-0.1, -0.05) is 6.92 Å². The van der Waals surface area contributed by atoms with Crippen LogP contribution in [0.3, 0.4) is 0 Å². The average Bonchev–Trinajstić information content (AvgIpc) is 2.17. The lowest BCUT2D eigenvalue weighted by Crippen LogP contribution is -2.28. The highest BCUT2D eigenvalue weighted by atomic mass is 16.3. The second-order valence-corrected chi connectivity index (χ2v) is 3.14. The van der Waals surface area contributed by atoms with Gasteiger partial charge < -0.3 is 15.3 Å². The van der Waals surface area contributed by atoms with Crippen LogP contribution in [0, 0.1) is 11.8 Å². The maximum atomic E-state index is 9.22. The van der Waals surface area contributed by atoms with Crippen LogP contribution in [0.4, 0.5) is 0 Å². The summed E-state index contributed by atoms with van der Waals surface area (Å²) in [6.45, 7) is 1.85. The standard InChI is InChI=1S/C7H14O3/c1-4-2-5(3-8)7(10)6(4)9/h4-10H,2-3H2,1H3/t4-,5+,6-,7+/m0/s1. The first-order valence-corrected chi connectivity index (χ1v) is 3.63. The summed E-state index contributed by atoms with van der Waals surface area (Å²) in [7, 11) is 0. The lowest BCUT2D eigenvalue weighted by atomic mass is 10.1. The molecule has 3 heteroatoms. The number of aliphatic hydroxyl groups excluding tert-OH is 3. The van der Waals surface area contributed by atoms with Gasteiger partial charge in [-0.15, -0.1) is 0 Å². The minimum Gasteiger partial charge on any atom is -0.396 e. The summed E-state index contributed by atoms with van der Waals surface area (Å²) in [5, 5.41) is 27.1. The average molecular weight is 146 g/mol. The predicted octanol–water partition coefficient (Wildman–Crippen LogP) is -0.643. The molecule has 1 fully saturated rings. The van der Waals surface area contributed by atoms with Gasteiger partial charge in [-0.05, 0) is 12.3 Å². The highest BCUT2D eigenvalue weighted by molar-refractivity contribution is 4.88. The van der Waals surface area contributed by atoms with E-state index in [1.54, 1.807) is 0 Å². The molecule has 1 rings (SSSR count). The third-order valence-corrected chi connectivity index (χ3v) is 2.32. The molecule has 0 unspecified atom stereocenters. The van der Waals surface area contributed by atoms with E-state index in [0.29, 0.717) is 0 Å². The maximum Gasteiger partial charge on any atom is 0.0851 e. The molecule has 0 heterocycles. The Morgan fingerprint density at radius 3 is 2.10 bits per heavy atom. The van der Waals surface area contributed by atoms with E-state index in [1.165, 1.54) is 0 Å². The molecule has 0 radical (unpaired) electrons. The van der Waals surface area contributed by atoms with Gasteiger partial charge in [0, 0.05) is 12.5 Å². The largest absolute Gasteiger partial charge is 0.396 e. The lowest BCUT2D eigenvalue weighted by molar-refractivity contribution is -0.00366. The first-order valence-electron chi connectivity index (χ1n) is 3.63. The van der Waals surface area contributed by atoms with Crippen molar-refractivity contribution in [3.05, 3.63) is 0 Å². The van der Waals surface area contributed by atoms with Gasteiger partial charge >= 0.3 is 0 Å². The highest BCUT2D eigenvalue weighted by Crippen LogP contribution is 2.30.